The van der Waals surface area contributed by atoms with Crippen molar-refractivity contribution in [1.82, 2.24) is 0 Å². The number of fused-ring (bicyclic) bond motifs is 1. The molecule has 104 valence electrons. The number of amides is 1. The van der Waals surface area contributed by atoms with Crippen LogP contribution in [0.25, 0.3) is 0 Å². The first-order valence-corrected chi connectivity index (χ1v) is 7.11. The predicted molar refractivity (Wildman–Crippen MR) is 75.9 cm³/mol. The van der Waals surface area contributed by atoms with E-state index in [0.29, 0.717) is 28.5 Å². The average molecular weight is 332 g/mol. The van der Waals surface area contributed by atoms with E-state index in [1.54, 1.807) is 0 Å². The van der Waals surface area contributed by atoms with Crippen LogP contribution in [-0.4, -0.2) is 17.0 Å². The van der Waals surface area contributed by atoms with Crippen molar-refractivity contribution in [2.45, 2.75) is 6.42 Å². The van der Waals surface area contributed by atoms with Crippen LogP contribution in [0.1, 0.15) is 6.42 Å². The largest absolute Gasteiger partial charge is 0.481 e. The average Bonchev–Trinajstić information content (AvgIpc) is 3.04. The van der Waals surface area contributed by atoms with E-state index in [2.05, 4.69) is 14.0 Å². The summed E-state index contributed by atoms with van der Waals surface area (Å²) in [6.45, 7) is 0. The quantitative estimate of drug-likeness (QED) is 0.902. The molecule has 0 saturated heterocycles. The third-order valence-electron chi connectivity index (χ3n) is 3.14. The minimum Gasteiger partial charge on any atom is -0.481 e. The number of anilines is 1. The smallest absolute Gasteiger partial charge is 0.307 e. The Bertz CT molecular complexity index is 715. The molecule has 0 radical (unpaired) electrons. The number of benzene rings is 1. The number of carbonyl (C=O) groups excluding carboxylic acids is 1. The first kappa shape index (κ1) is 13.5. The Hall–Kier alpha value is -1.44. The van der Waals surface area contributed by atoms with E-state index in [1.165, 1.54) is 6.07 Å². The van der Waals surface area contributed by atoms with Crippen LogP contribution in [0.3, 0.4) is 0 Å². The Balaban J connectivity index is 1.86. The summed E-state index contributed by atoms with van der Waals surface area (Å²) in [5.41, 5.74) is 1.19. The van der Waals surface area contributed by atoms with E-state index in [-0.39, 0.29) is 10.9 Å². The highest BCUT2D eigenvalue weighted by molar-refractivity contribution is 7.58. The fraction of sp³-hybridized carbons (Fsp3) is 0.273. The molecule has 1 saturated carbocycles. The van der Waals surface area contributed by atoms with Crippen LogP contribution in [-0.2, 0) is 20.9 Å². The lowest BCUT2D eigenvalue weighted by atomic mass is 10.2. The molecule has 3 rings (SSSR count). The van der Waals surface area contributed by atoms with Crippen molar-refractivity contribution in [1.29, 1.82) is 0 Å². The molecule has 1 fully saturated rings. The fourth-order valence-corrected chi connectivity index (χ4v) is 3.13. The van der Waals surface area contributed by atoms with Crippen LogP contribution in [0.15, 0.2) is 14.8 Å². The molecule has 2 N–H and O–H groups in total. The molecular weight excluding hydrogens is 325 g/mol. The van der Waals surface area contributed by atoms with Crippen molar-refractivity contribution < 1.29 is 14.7 Å². The molecule has 9 heteroatoms. The number of hydrogen-bond acceptors (Lipinski definition) is 4. The number of nitrogens with zero attached hydrogens (tertiary/aromatic N) is 2. The maximum atomic E-state index is 12.0. The van der Waals surface area contributed by atoms with Crippen molar-refractivity contribution >= 4 is 63.5 Å². The summed E-state index contributed by atoms with van der Waals surface area (Å²) in [6, 6.07) is 1.48. The summed E-state index contributed by atoms with van der Waals surface area (Å²) >= 11 is 13.0. The van der Waals surface area contributed by atoms with Gasteiger partial charge in [0.25, 0.3) is 0 Å². The molecule has 1 heterocycles. The van der Waals surface area contributed by atoms with E-state index in [4.69, 9.17) is 28.3 Å². The number of hydrogen-bond donors (Lipinski definition) is 2. The number of rotatable bonds is 3. The summed E-state index contributed by atoms with van der Waals surface area (Å²) in [5, 5.41) is 12.0. The van der Waals surface area contributed by atoms with Gasteiger partial charge in [0, 0.05) is 0 Å². The third kappa shape index (κ3) is 2.21. The van der Waals surface area contributed by atoms with Crippen LogP contribution in [0.2, 0.25) is 10.0 Å². The van der Waals surface area contributed by atoms with Crippen LogP contribution < -0.4 is 5.32 Å². The predicted octanol–water partition coefficient (Wildman–Crippen LogP) is 3.38. The normalized spacial score (nSPS) is 22.1. The Morgan fingerprint density at radius 2 is 1.95 bits per heavy atom. The lowest BCUT2D eigenvalue weighted by molar-refractivity contribution is -0.139. The lowest BCUT2D eigenvalue weighted by Crippen LogP contribution is -2.17. The number of carboxylic acid groups (broad SMARTS) is 1. The van der Waals surface area contributed by atoms with Gasteiger partial charge in [-0.25, -0.2) is 0 Å². The van der Waals surface area contributed by atoms with Gasteiger partial charge in [0.1, 0.15) is 11.4 Å². The minimum absolute atomic E-state index is 0.246. The Labute approximate surface area is 127 Å². The number of aliphatic carboxylic acids is 1. The van der Waals surface area contributed by atoms with Gasteiger partial charge in [-0.15, -0.1) is 0 Å². The van der Waals surface area contributed by atoms with E-state index in [0.717, 1.165) is 11.4 Å². The van der Waals surface area contributed by atoms with Crippen molar-refractivity contribution in [3.8, 4) is 0 Å². The van der Waals surface area contributed by atoms with Crippen LogP contribution in [0.4, 0.5) is 17.1 Å². The molecular formula is C11H7Cl2N3O3S. The molecule has 6 nitrogen and oxygen atoms in total. The zero-order valence-electron chi connectivity index (χ0n) is 9.76. The molecule has 0 bridgehead atoms. The molecule has 1 aromatic rings. The maximum absolute atomic E-state index is 12.0. The summed E-state index contributed by atoms with van der Waals surface area (Å²) in [5.74, 6) is -2.49. The topological polar surface area (TPSA) is 91.1 Å². The highest BCUT2D eigenvalue weighted by Gasteiger charge is 2.48. The minimum atomic E-state index is -0.965. The summed E-state index contributed by atoms with van der Waals surface area (Å²) in [7, 11) is 0. The van der Waals surface area contributed by atoms with Gasteiger partial charge in [-0.3, -0.25) is 9.59 Å². The molecule has 2 atom stereocenters. The lowest BCUT2D eigenvalue weighted by Gasteiger charge is -2.10. The second-order valence-corrected chi connectivity index (χ2v) is 5.80. The van der Waals surface area contributed by atoms with Gasteiger partial charge < -0.3 is 10.4 Å². The number of nitrogens with one attached hydrogen (secondary N) is 1. The van der Waals surface area contributed by atoms with Crippen LogP contribution in [0.5, 0.6) is 0 Å². The monoisotopic (exact) mass is 331 g/mol. The van der Waals surface area contributed by atoms with Gasteiger partial charge in [0.2, 0.25) is 5.91 Å². The molecule has 0 unspecified atom stereocenters. The molecule has 20 heavy (non-hydrogen) atoms. The first-order chi connectivity index (χ1) is 9.49. The molecule has 1 aromatic carbocycles. The van der Waals surface area contributed by atoms with E-state index < -0.39 is 17.8 Å². The van der Waals surface area contributed by atoms with Gasteiger partial charge in [0.05, 0.1) is 38.9 Å². The van der Waals surface area contributed by atoms with Gasteiger partial charge >= 0.3 is 5.97 Å². The van der Waals surface area contributed by atoms with Crippen molar-refractivity contribution in [3.05, 3.63) is 16.1 Å². The van der Waals surface area contributed by atoms with Crippen molar-refractivity contribution in [2.75, 3.05) is 5.32 Å². The number of carbonyl (C=O) groups is 2. The highest BCUT2D eigenvalue weighted by Crippen LogP contribution is 2.48. The summed E-state index contributed by atoms with van der Waals surface area (Å²) in [4.78, 5) is 22.7. The summed E-state index contributed by atoms with van der Waals surface area (Å²) < 4.78 is 8.08. The highest BCUT2D eigenvalue weighted by atomic mass is 35.5. The standard InChI is InChI=1S/C11H7Cl2N3O3S/c12-5-2-6(13)8-9(16-20-15-8)7(5)14-10(17)3-1-4(3)11(18)19/h2-4H,1H2,(H,14,17)(H,18,19)/t3-,4+/m1/s1. The Morgan fingerprint density at radius 1 is 1.25 bits per heavy atom. The number of carboxylic acids is 1. The summed E-state index contributed by atoms with van der Waals surface area (Å²) in [6.07, 6.45) is 0.338. The van der Waals surface area contributed by atoms with E-state index in [1.807, 2.05) is 0 Å². The first-order valence-electron chi connectivity index (χ1n) is 5.63. The van der Waals surface area contributed by atoms with E-state index in [9.17, 15) is 9.59 Å². The molecule has 1 aliphatic heterocycles. The van der Waals surface area contributed by atoms with Crippen LogP contribution >= 0.6 is 23.2 Å². The molecule has 0 spiro atoms. The van der Waals surface area contributed by atoms with Crippen molar-refractivity contribution in [2.24, 2.45) is 20.6 Å². The van der Waals surface area contributed by atoms with Crippen LogP contribution in [0, 0.1) is 11.8 Å². The van der Waals surface area contributed by atoms with Gasteiger partial charge in [-0.2, -0.15) is 8.73 Å². The molecule has 2 aliphatic rings. The number of halogens is 2. The molecule has 0 aromatic heterocycles. The fourth-order valence-electron chi connectivity index (χ4n) is 1.97. The van der Waals surface area contributed by atoms with E-state index >= 15 is 0 Å². The Morgan fingerprint density at radius 3 is 2.60 bits per heavy atom. The zero-order chi connectivity index (χ0) is 14.4. The third-order valence-corrected chi connectivity index (χ3v) is 4.25. The SMILES string of the molecule is O=C(O)[C@H]1C[C@H]1C(=O)Nc1c(Cl)cc(Cl)c2c1N=S=N2. The molecule has 1 aliphatic carbocycles. The maximum Gasteiger partial charge on any atom is 0.307 e. The Kier molecular flexibility index (Phi) is 3.27. The molecule has 1 amide bonds. The second-order valence-electron chi connectivity index (χ2n) is 4.45. The van der Waals surface area contributed by atoms with Gasteiger partial charge in [0.15, 0.2) is 0 Å². The second kappa shape index (κ2) is 4.83. The van der Waals surface area contributed by atoms with Gasteiger partial charge in [-0.05, 0) is 12.5 Å². The van der Waals surface area contributed by atoms with Gasteiger partial charge in [-0.1, -0.05) is 23.2 Å². The zero-order valence-corrected chi connectivity index (χ0v) is 12.1. The van der Waals surface area contributed by atoms with Crippen molar-refractivity contribution in [3.63, 3.8) is 0 Å².